The molecule has 6 nitrogen and oxygen atoms in total. The second-order valence-corrected chi connectivity index (χ2v) is 4.93. The fraction of sp³-hybridized carbons (Fsp3) is 0.412. The first kappa shape index (κ1) is 17.2. The summed E-state index contributed by atoms with van der Waals surface area (Å²) in [4.78, 5) is 16.7. The molecule has 1 aromatic heterocycles. The summed E-state index contributed by atoms with van der Waals surface area (Å²) in [5.74, 6) is 0.0965. The summed E-state index contributed by atoms with van der Waals surface area (Å²) in [6, 6.07) is 5.71. The number of ether oxygens (including phenoxy) is 4. The highest BCUT2D eigenvalue weighted by atomic mass is 16.7. The number of aromatic nitrogens is 1. The number of benzene rings is 1. The van der Waals surface area contributed by atoms with Gasteiger partial charge in [0.25, 0.3) is 0 Å². The molecule has 0 unspecified atom stereocenters. The van der Waals surface area contributed by atoms with Gasteiger partial charge in [-0.05, 0) is 19.9 Å². The third-order valence-electron chi connectivity index (χ3n) is 3.37. The third kappa shape index (κ3) is 3.60. The lowest BCUT2D eigenvalue weighted by Gasteiger charge is -2.16. The number of hydrogen-bond acceptors (Lipinski definition) is 6. The zero-order chi connectivity index (χ0) is 16.8. The van der Waals surface area contributed by atoms with Crippen LogP contribution < -0.4 is 4.74 Å². The zero-order valence-corrected chi connectivity index (χ0v) is 13.8. The number of hydrogen-bond donors (Lipinski definition) is 0. The van der Waals surface area contributed by atoms with Gasteiger partial charge in [0.2, 0.25) is 0 Å². The highest BCUT2D eigenvalue weighted by molar-refractivity contribution is 5.97. The average Bonchev–Trinajstić information content (AvgIpc) is 2.54. The average molecular weight is 319 g/mol. The second kappa shape index (κ2) is 7.89. The molecule has 6 heteroatoms. The molecule has 0 amide bonds. The molecule has 0 saturated carbocycles. The second-order valence-electron chi connectivity index (χ2n) is 4.93. The molecule has 1 heterocycles. The van der Waals surface area contributed by atoms with E-state index in [4.69, 9.17) is 18.9 Å². The molecule has 0 saturated heterocycles. The van der Waals surface area contributed by atoms with Crippen molar-refractivity contribution in [2.75, 3.05) is 27.6 Å². The Kier molecular flexibility index (Phi) is 5.90. The van der Waals surface area contributed by atoms with Crippen LogP contribution in [-0.2, 0) is 20.8 Å². The molecular formula is C17H21NO5. The van der Waals surface area contributed by atoms with E-state index >= 15 is 0 Å². The first-order chi connectivity index (χ1) is 11.1. The van der Waals surface area contributed by atoms with Gasteiger partial charge in [-0.1, -0.05) is 12.1 Å². The van der Waals surface area contributed by atoms with Gasteiger partial charge >= 0.3 is 5.97 Å². The van der Waals surface area contributed by atoms with Crippen LogP contribution in [0.1, 0.15) is 28.5 Å². The van der Waals surface area contributed by atoms with Crippen LogP contribution >= 0.6 is 0 Å². The first-order valence-corrected chi connectivity index (χ1v) is 7.34. The quantitative estimate of drug-likeness (QED) is 0.577. The number of nitrogens with zero attached hydrogens (tertiary/aromatic N) is 1. The van der Waals surface area contributed by atoms with Gasteiger partial charge in [0.15, 0.2) is 12.5 Å². The van der Waals surface area contributed by atoms with Crippen molar-refractivity contribution in [2.24, 2.45) is 0 Å². The van der Waals surface area contributed by atoms with Crippen molar-refractivity contribution in [2.45, 2.75) is 20.5 Å². The lowest BCUT2D eigenvalue weighted by atomic mass is 10.0. The summed E-state index contributed by atoms with van der Waals surface area (Å²) < 4.78 is 21.0. The van der Waals surface area contributed by atoms with E-state index in [0.717, 1.165) is 10.9 Å². The van der Waals surface area contributed by atoms with Crippen molar-refractivity contribution >= 4 is 16.9 Å². The van der Waals surface area contributed by atoms with Gasteiger partial charge in [-0.3, -0.25) is 0 Å². The molecule has 0 fully saturated rings. The molecule has 0 aliphatic carbocycles. The Labute approximate surface area is 135 Å². The van der Waals surface area contributed by atoms with Crippen molar-refractivity contribution in [3.63, 3.8) is 0 Å². The van der Waals surface area contributed by atoms with Gasteiger partial charge in [0.05, 0.1) is 18.7 Å². The Morgan fingerprint density at radius 3 is 2.65 bits per heavy atom. The third-order valence-corrected chi connectivity index (χ3v) is 3.37. The van der Waals surface area contributed by atoms with E-state index in [-0.39, 0.29) is 19.1 Å². The van der Waals surface area contributed by atoms with Crippen LogP contribution in [0.2, 0.25) is 0 Å². The summed E-state index contributed by atoms with van der Waals surface area (Å²) in [6.45, 7) is 4.29. The Bertz CT molecular complexity index is 699. The van der Waals surface area contributed by atoms with Gasteiger partial charge in [0.1, 0.15) is 5.75 Å². The minimum Gasteiger partial charge on any atom is -0.466 e. The SMILES string of the molecule is CCOC(=O)c1nc2c(COC)cccc2c(OCOC)c1C. The van der Waals surface area contributed by atoms with Crippen molar-refractivity contribution in [1.29, 1.82) is 0 Å². The molecule has 0 atom stereocenters. The number of rotatable bonds is 7. The van der Waals surface area contributed by atoms with Crippen LogP contribution in [0.15, 0.2) is 18.2 Å². The number of fused-ring (bicyclic) bond motifs is 1. The molecule has 0 radical (unpaired) electrons. The van der Waals surface area contributed by atoms with Gasteiger partial charge in [-0.25, -0.2) is 9.78 Å². The molecule has 0 bridgehead atoms. The summed E-state index contributed by atoms with van der Waals surface area (Å²) in [5, 5.41) is 0.808. The summed E-state index contributed by atoms with van der Waals surface area (Å²) in [5.41, 5.74) is 2.41. The van der Waals surface area contributed by atoms with E-state index in [9.17, 15) is 4.79 Å². The van der Waals surface area contributed by atoms with Crippen LogP contribution in [0.25, 0.3) is 10.9 Å². The predicted octanol–water partition coefficient (Wildman–Crippen LogP) is 2.85. The maximum absolute atomic E-state index is 12.2. The largest absolute Gasteiger partial charge is 0.466 e. The van der Waals surface area contributed by atoms with Crippen molar-refractivity contribution in [1.82, 2.24) is 4.98 Å². The minimum atomic E-state index is -0.471. The van der Waals surface area contributed by atoms with E-state index in [2.05, 4.69) is 4.98 Å². The van der Waals surface area contributed by atoms with Crippen LogP contribution in [0.4, 0.5) is 0 Å². The molecule has 0 N–H and O–H groups in total. The summed E-state index contributed by atoms with van der Waals surface area (Å²) >= 11 is 0. The fourth-order valence-corrected chi connectivity index (χ4v) is 2.39. The number of pyridine rings is 1. The van der Waals surface area contributed by atoms with E-state index in [1.165, 1.54) is 0 Å². The minimum absolute atomic E-state index is 0.0801. The highest BCUT2D eigenvalue weighted by Gasteiger charge is 2.20. The number of esters is 1. The standard InChI is InChI=1S/C17H21NO5/c1-5-22-17(19)14-11(2)16(23-10-21-4)13-8-6-7-12(9-20-3)15(13)18-14/h6-8H,5,9-10H2,1-4H3. The van der Waals surface area contributed by atoms with Crippen molar-refractivity contribution in [3.8, 4) is 5.75 Å². The predicted molar refractivity (Wildman–Crippen MR) is 85.7 cm³/mol. The molecule has 2 aromatic rings. The molecule has 0 aliphatic heterocycles. The lowest BCUT2D eigenvalue weighted by Crippen LogP contribution is -2.12. The summed E-state index contributed by atoms with van der Waals surface area (Å²) in [7, 11) is 3.16. The smallest absolute Gasteiger partial charge is 0.357 e. The van der Waals surface area contributed by atoms with Crippen molar-refractivity contribution in [3.05, 3.63) is 35.0 Å². The van der Waals surface area contributed by atoms with Crippen LogP contribution in [-0.4, -0.2) is 38.6 Å². The maximum Gasteiger partial charge on any atom is 0.357 e. The number of methoxy groups -OCH3 is 2. The van der Waals surface area contributed by atoms with Crippen molar-refractivity contribution < 1.29 is 23.7 Å². The van der Waals surface area contributed by atoms with E-state index in [1.54, 1.807) is 28.1 Å². The fourth-order valence-electron chi connectivity index (χ4n) is 2.39. The molecule has 1 aromatic carbocycles. The number of para-hydroxylation sites is 1. The molecule has 2 rings (SSSR count). The van der Waals surface area contributed by atoms with Gasteiger partial charge in [-0.2, -0.15) is 0 Å². The number of carbonyl (C=O) groups is 1. The van der Waals surface area contributed by atoms with Crippen LogP contribution in [0, 0.1) is 6.92 Å². The van der Waals surface area contributed by atoms with E-state index in [1.807, 2.05) is 18.2 Å². The maximum atomic E-state index is 12.2. The Balaban J connectivity index is 2.69. The first-order valence-electron chi connectivity index (χ1n) is 7.34. The zero-order valence-electron chi connectivity index (χ0n) is 13.8. The lowest BCUT2D eigenvalue weighted by molar-refractivity contribution is 0.0487. The topological polar surface area (TPSA) is 66.9 Å². The Morgan fingerprint density at radius 2 is 2.00 bits per heavy atom. The Morgan fingerprint density at radius 1 is 1.22 bits per heavy atom. The van der Waals surface area contributed by atoms with Gasteiger partial charge in [0, 0.05) is 30.7 Å². The van der Waals surface area contributed by atoms with Crippen LogP contribution in [0.5, 0.6) is 5.75 Å². The molecule has 0 spiro atoms. The monoisotopic (exact) mass is 319 g/mol. The normalized spacial score (nSPS) is 10.8. The number of carbonyl (C=O) groups excluding carboxylic acids is 1. The molecule has 23 heavy (non-hydrogen) atoms. The van der Waals surface area contributed by atoms with E-state index < -0.39 is 5.97 Å². The molecular weight excluding hydrogens is 298 g/mol. The molecule has 124 valence electrons. The van der Waals surface area contributed by atoms with Crippen LogP contribution in [0.3, 0.4) is 0 Å². The van der Waals surface area contributed by atoms with E-state index in [0.29, 0.717) is 23.4 Å². The van der Waals surface area contributed by atoms with Gasteiger partial charge in [-0.15, -0.1) is 0 Å². The molecule has 0 aliphatic rings. The van der Waals surface area contributed by atoms with Gasteiger partial charge < -0.3 is 18.9 Å². The highest BCUT2D eigenvalue weighted by Crippen LogP contribution is 2.32. The Hall–Kier alpha value is -2.18. The summed E-state index contributed by atoms with van der Waals surface area (Å²) in [6.07, 6.45) is 0.